The Morgan fingerprint density at radius 1 is 1.26 bits per heavy atom. The molecule has 1 fully saturated rings. The number of ether oxygens (including phenoxy) is 1. The van der Waals surface area contributed by atoms with Crippen LogP contribution in [0.25, 0.3) is 0 Å². The number of aromatic nitrogens is 3. The van der Waals surface area contributed by atoms with Crippen LogP contribution in [0.2, 0.25) is 0 Å². The number of thioether (sulfide) groups is 1. The minimum atomic E-state index is -0.560. The van der Waals surface area contributed by atoms with Gasteiger partial charge in [0, 0.05) is 18.7 Å². The first-order chi connectivity index (χ1) is 11.3. The zero-order valence-electron chi connectivity index (χ0n) is 12.4. The van der Waals surface area contributed by atoms with Gasteiger partial charge in [-0.1, -0.05) is 54.3 Å². The molecule has 2 aromatic rings. The molecule has 0 aliphatic carbocycles. The van der Waals surface area contributed by atoms with Crippen LogP contribution in [-0.4, -0.2) is 56.1 Å². The fourth-order valence-electron chi connectivity index (χ4n) is 2.23. The highest BCUT2D eigenvalue weighted by Crippen LogP contribution is 2.29. The van der Waals surface area contributed by atoms with Crippen molar-refractivity contribution < 1.29 is 9.53 Å². The summed E-state index contributed by atoms with van der Waals surface area (Å²) in [6, 6.07) is 9.16. The Balaban J connectivity index is 1.79. The fraction of sp³-hybridized carbons (Fsp3) is 0.333. The second-order valence-electron chi connectivity index (χ2n) is 4.94. The lowest BCUT2D eigenvalue weighted by Crippen LogP contribution is -2.39. The Kier molecular flexibility index (Phi) is 5.37. The van der Waals surface area contributed by atoms with Crippen molar-refractivity contribution in [1.29, 1.82) is 0 Å². The fourth-order valence-corrected chi connectivity index (χ4v) is 3.67. The smallest absolute Gasteiger partial charge is 0.198 e. The largest absolute Gasteiger partial charge is 0.378 e. The number of benzene rings is 1. The second-order valence-corrected chi connectivity index (χ2v) is 6.66. The quantitative estimate of drug-likeness (QED) is 0.619. The summed E-state index contributed by atoms with van der Waals surface area (Å²) in [6.07, 6.45) is 2.96. The normalized spacial score (nSPS) is 16.1. The summed E-state index contributed by atoms with van der Waals surface area (Å²) < 4.78 is 7.57. The van der Waals surface area contributed by atoms with Crippen LogP contribution in [0.15, 0.2) is 43.0 Å². The Labute approximate surface area is 143 Å². The molecule has 2 heterocycles. The van der Waals surface area contributed by atoms with Crippen LogP contribution in [0.3, 0.4) is 0 Å². The minimum Gasteiger partial charge on any atom is -0.378 e. The Bertz CT molecular complexity index is 657. The summed E-state index contributed by atoms with van der Waals surface area (Å²) in [5.74, 6) is -0.0447. The molecule has 1 atom stereocenters. The first-order valence-electron chi connectivity index (χ1n) is 7.22. The Hall–Kier alpha value is -1.77. The van der Waals surface area contributed by atoms with Crippen molar-refractivity contribution in [2.45, 2.75) is 5.37 Å². The molecule has 1 aliphatic rings. The van der Waals surface area contributed by atoms with Gasteiger partial charge in [-0.25, -0.2) is 9.67 Å². The van der Waals surface area contributed by atoms with Gasteiger partial charge in [-0.3, -0.25) is 4.79 Å². The van der Waals surface area contributed by atoms with Crippen molar-refractivity contribution >= 4 is 34.1 Å². The van der Waals surface area contributed by atoms with E-state index in [0.29, 0.717) is 23.1 Å². The zero-order valence-corrected chi connectivity index (χ0v) is 14.0. The van der Waals surface area contributed by atoms with Gasteiger partial charge in [-0.05, 0) is 0 Å². The van der Waals surface area contributed by atoms with Crippen LogP contribution in [0.4, 0.5) is 0 Å². The first kappa shape index (κ1) is 16.1. The first-order valence-corrected chi connectivity index (χ1v) is 8.51. The molecule has 120 valence electrons. The van der Waals surface area contributed by atoms with Gasteiger partial charge in [-0.15, -0.1) is 0 Å². The van der Waals surface area contributed by atoms with E-state index in [1.54, 1.807) is 23.1 Å². The molecule has 1 unspecified atom stereocenters. The summed E-state index contributed by atoms with van der Waals surface area (Å²) in [6.45, 7) is 2.80. The van der Waals surface area contributed by atoms with Gasteiger partial charge in [0.1, 0.15) is 17.0 Å². The number of carbonyl (C=O) groups is 1. The topological polar surface area (TPSA) is 60.2 Å². The van der Waals surface area contributed by atoms with Gasteiger partial charge in [0.05, 0.1) is 13.2 Å². The summed E-state index contributed by atoms with van der Waals surface area (Å²) in [4.78, 5) is 18.9. The predicted octanol–water partition coefficient (Wildman–Crippen LogP) is 2.01. The Morgan fingerprint density at radius 3 is 2.65 bits per heavy atom. The Morgan fingerprint density at radius 2 is 2.00 bits per heavy atom. The van der Waals surface area contributed by atoms with Crippen LogP contribution < -0.4 is 0 Å². The summed E-state index contributed by atoms with van der Waals surface area (Å²) >= 11 is 6.84. The average Bonchev–Trinajstić information content (AvgIpc) is 3.15. The minimum absolute atomic E-state index is 0.0447. The van der Waals surface area contributed by atoms with Crippen LogP contribution in [0.5, 0.6) is 0 Å². The van der Waals surface area contributed by atoms with Crippen molar-refractivity contribution in [2.24, 2.45) is 0 Å². The summed E-state index contributed by atoms with van der Waals surface area (Å²) in [5.41, 5.74) is 0.630. The van der Waals surface area contributed by atoms with Gasteiger partial charge in [0.25, 0.3) is 0 Å². The number of ketones is 1. The van der Waals surface area contributed by atoms with E-state index in [-0.39, 0.29) is 5.78 Å². The van der Waals surface area contributed by atoms with E-state index < -0.39 is 5.37 Å². The van der Waals surface area contributed by atoms with Crippen LogP contribution in [0.1, 0.15) is 15.7 Å². The molecule has 23 heavy (non-hydrogen) atoms. The second kappa shape index (κ2) is 7.67. The third-order valence-corrected chi connectivity index (χ3v) is 5.10. The third-order valence-electron chi connectivity index (χ3n) is 3.44. The number of hydrogen-bond acceptors (Lipinski definition) is 6. The van der Waals surface area contributed by atoms with E-state index >= 15 is 0 Å². The molecule has 1 aliphatic heterocycles. The molecule has 0 saturated carbocycles. The lowest BCUT2D eigenvalue weighted by Gasteiger charge is -2.30. The molecule has 8 heteroatoms. The molecule has 6 nitrogen and oxygen atoms in total. The van der Waals surface area contributed by atoms with Crippen LogP contribution >= 0.6 is 24.0 Å². The summed E-state index contributed by atoms with van der Waals surface area (Å²) in [5, 5.41) is 3.56. The van der Waals surface area contributed by atoms with Crippen LogP contribution in [0, 0.1) is 0 Å². The number of thiocarbonyl (C=S) groups is 1. The lowest BCUT2D eigenvalue weighted by atomic mass is 10.1. The number of Topliss-reactive ketones (excluding diaryl/α,β-unsaturated/α-hetero) is 1. The van der Waals surface area contributed by atoms with Crippen molar-refractivity contribution in [3.05, 3.63) is 48.5 Å². The molecule has 0 amide bonds. The van der Waals surface area contributed by atoms with E-state index in [4.69, 9.17) is 17.0 Å². The third kappa shape index (κ3) is 3.95. The number of morpholine rings is 1. The van der Waals surface area contributed by atoms with Crippen LogP contribution in [-0.2, 0) is 4.74 Å². The maximum atomic E-state index is 12.8. The van der Waals surface area contributed by atoms with Gasteiger partial charge < -0.3 is 9.64 Å². The lowest BCUT2D eigenvalue weighted by molar-refractivity contribution is 0.0702. The molecule has 3 rings (SSSR count). The van der Waals surface area contributed by atoms with E-state index in [9.17, 15) is 4.79 Å². The maximum Gasteiger partial charge on any atom is 0.198 e. The van der Waals surface area contributed by atoms with Gasteiger partial charge in [0.2, 0.25) is 0 Å². The van der Waals surface area contributed by atoms with E-state index in [0.717, 1.165) is 13.1 Å². The van der Waals surface area contributed by atoms with Gasteiger partial charge in [-0.2, -0.15) is 5.10 Å². The highest BCUT2D eigenvalue weighted by atomic mass is 32.2. The molecule has 0 bridgehead atoms. The SMILES string of the molecule is O=C(c1ccccc1)C(SC(=S)N1CCOCC1)n1cncn1. The van der Waals surface area contributed by atoms with Gasteiger partial charge in [0.15, 0.2) is 11.2 Å². The highest BCUT2D eigenvalue weighted by molar-refractivity contribution is 8.23. The monoisotopic (exact) mass is 348 g/mol. The molecule has 1 aromatic heterocycles. The van der Waals surface area contributed by atoms with Gasteiger partial charge >= 0.3 is 0 Å². The highest BCUT2D eigenvalue weighted by Gasteiger charge is 2.27. The molecule has 1 aromatic carbocycles. The number of hydrogen-bond donors (Lipinski definition) is 0. The van der Waals surface area contributed by atoms with Crippen molar-refractivity contribution in [2.75, 3.05) is 26.3 Å². The molecule has 0 N–H and O–H groups in total. The van der Waals surface area contributed by atoms with Crippen molar-refractivity contribution in [1.82, 2.24) is 19.7 Å². The molecule has 1 saturated heterocycles. The predicted molar refractivity (Wildman–Crippen MR) is 92.4 cm³/mol. The number of nitrogens with zero attached hydrogens (tertiary/aromatic N) is 4. The molecular formula is C15H16N4O2S2. The molecule has 0 spiro atoms. The number of carbonyl (C=O) groups excluding carboxylic acids is 1. The maximum absolute atomic E-state index is 12.8. The summed E-state index contributed by atoms with van der Waals surface area (Å²) in [7, 11) is 0. The molecule has 0 radical (unpaired) electrons. The van der Waals surface area contributed by atoms with E-state index in [1.807, 2.05) is 18.2 Å². The van der Waals surface area contributed by atoms with Crippen molar-refractivity contribution in [3.63, 3.8) is 0 Å². The van der Waals surface area contributed by atoms with Crippen molar-refractivity contribution in [3.8, 4) is 0 Å². The zero-order chi connectivity index (χ0) is 16.1. The standard InChI is InChI=1S/C15H16N4O2S2/c20-13(12-4-2-1-3-5-12)14(19-11-16-10-17-19)23-15(22)18-6-8-21-9-7-18/h1-5,10-11,14H,6-9H2. The average molecular weight is 348 g/mol. The van der Waals surface area contributed by atoms with E-state index in [2.05, 4.69) is 15.0 Å². The van der Waals surface area contributed by atoms with E-state index in [1.165, 1.54) is 18.1 Å². The number of rotatable bonds is 4. The molecular weight excluding hydrogens is 332 g/mol.